The zero-order chi connectivity index (χ0) is 14.4. The Morgan fingerprint density at radius 3 is 2.75 bits per heavy atom. The van der Waals surface area contributed by atoms with E-state index in [-0.39, 0.29) is 0 Å². The first-order valence-electron chi connectivity index (χ1n) is 6.93. The monoisotopic (exact) mass is 264 g/mol. The van der Waals surface area contributed by atoms with Gasteiger partial charge in [0.05, 0.1) is 0 Å². The highest BCUT2D eigenvalue weighted by atomic mass is 14.7. The van der Waals surface area contributed by atoms with E-state index < -0.39 is 0 Å². The molecule has 102 valence electrons. The number of aryl methyl sites for hydroxylation is 1. The maximum Gasteiger partial charge on any atom is 0.0361 e. The van der Waals surface area contributed by atoms with E-state index in [2.05, 4.69) is 47.2 Å². The molecule has 0 aliphatic carbocycles. The van der Waals surface area contributed by atoms with Crippen LogP contribution in [0.15, 0.2) is 53.8 Å². The molecule has 2 nitrogen and oxygen atoms in total. The van der Waals surface area contributed by atoms with Gasteiger partial charge in [0.15, 0.2) is 0 Å². The largest absolute Gasteiger partial charge is 0.293 e. The van der Waals surface area contributed by atoms with Crippen molar-refractivity contribution in [2.45, 2.75) is 20.8 Å². The quantitative estimate of drug-likeness (QED) is 0.744. The normalized spacial score (nSPS) is 12.1. The van der Waals surface area contributed by atoms with Crippen LogP contribution in [0.5, 0.6) is 0 Å². The van der Waals surface area contributed by atoms with E-state index >= 15 is 0 Å². The minimum atomic E-state index is 0.804. The molecule has 1 aromatic heterocycles. The number of hydrogen-bond donors (Lipinski definition) is 0. The van der Waals surface area contributed by atoms with E-state index in [1.165, 1.54) is 16.7 Å². The number of pyridine rings is 1. The fourth-order valence-corrected chi connectivity index (χ4v) is 2.16. The van der Waals surface area contributed by atoms with Gasteiger partial charge in [-0.05, 0) is 55.2 Å². The predicted molar refractivity (Wildman–Crippen MR) is 87.1 cm³/mol. The standard InChI is InChI=1S/C18H20N2/c1-4-15(12-19-5-2)17-9-14(3)10-18(11-17)16-7-6-8-20-13-16/h4,6-13H,5H2,1-3H3/b15-4+,19-12?. The maximum atomic E-state index is 4.35. The Labute approximate surface area is 120 Å². The van der Waals surface area contributed by atoms with Gasteiger partial charge < -0.3 is 0 Å². The van der Waals surface area contributed by atoms with Crippen LogP contribution < -0.4 is 0 Å². The summed E-state index contributed by atoms with van der Waals surface area (Å²) in [7, 11) is 0. The molecule has 2 heteroatoms. The molecule has 1 heterocycles. The summed E-state index contributed by atoms with van der Waals surface area (Å²) in [5.41, 5.74) is 5.92. The summed E-state index contributed by atoms with van der Waals surface area (Å²) in [6.45, 7) is 7.01. The van der Waals surface area contributed by atoms with Crippen molar-refractivity contribution in [1.29, 1.82) is 0 Å². The van der Waals surface area contributed by atoms with Gasteiger partial charge in [-0.15, -0.1) is 0 Å². The van der Waals surface area contributed by atoms with Crippen molar-refractivity contribution >= 4 is 11.8 Å². The molecular formula is C18H20N2. The molecule has 0 amide bonds. The van der Waals surface area contributed by atoms with E-state index in [1.54, 1.807) is 6.20 Å². The van der Waals surface area contributed by atoms with Crippen molar-refractivity contribution in [3.63, 3.8) is 0 Å². The van der Waals surface area contributed by atoms with Crippen LogP contribution in [0.2, 0.25) is 0 Å². The Hall–Kier alpha value is -2.22. The molecular weight excluding hydrogens is 244 g/mol. The Morgan fingerprint density at radius 1 is 1.25 bits per heavy atom. The molecule has 0 atom stereocenters. The van der Waals surface area contributed by atoms with E-state index in [9.17, 15) is 0 Å². The Kier molecular flexibility index (Phi) is 4.83. The van der Waals surface area contributed by atoms with Crippen molar-refractivity contribution in [3.8, 4) is 11.1 Å². The highest BCUT2D eigenvalue weighted by Gasteiger charge is 2.04. The minimum Gasteiger partial charge on any atom is -0.293 e. The summed E-state index contributed by atoms with van der Waals surface area (Å²) in [5.74, 6) is 0. The van der Waals surface area contributed by atoms with Crippen molar-refractivity contribution < 1.29 is 0 Å². The summed E-state index contributed by atoms with van der Waals surface area (Å²) in [6.07, 6.45) is 7.74. The molecule has 0 bridgehead atoms. The fourth-order valence-electron chi connectivity index (χ4n) is 2.16. The Morgan fingerprint density at radius 2 is 2.10 bits per heavy atom. The van der Waals surface area contributed by atoms with Crippen molar-refractivity contribution in [1.82, 2.24) is 4.98 Å². The second-order valence-electron chi connectivity index (χ2n) is 4.70. The molecule has 0 saturated heterocycles. The number of rotatable bonds is 4. The number of benzene rings is 1. The third-order valence-corrected chi connectivity index (χ3v) is 3.13. The van der Waals surface area contributed by atoms with Crippen molar-refractivity contribution in [2.24, 2.45) is 4.99 Å². The second-order valence-corrected chi connectivity index (χ2v) is 4.70. The summed E-state index contributed by atoms with van der Waals surface area (Å²) in [5, 5.41) is 0. The topological polar surface area (TPSA) is 25.2 Å². The van der Waals surface area contributed by atoms with Gasteiger partial charge in [0.1, 0.15) is 0 Å². The average Bonchev–Trinajstić information content (AvgIpc) is 2.48. The van der Waals surface area contributed by atoms with Crippen LogP contribution in [0, 0.1) is 6.92 Å². The number of allylic oxidation sites excluding steroid dienone is 2. The van der Waals surface area contributed by atoms with Crippen LogP contribution in [0.1, 0.15) is 25.0 Å². The van der Waals surface area contributed by atoms with E-state index in [0.717, 1.165) is 17.7 Å². The van der Waals surface area contributed by atoms with Gasteiger partial charge in [-0.2, -0.15) is 0 Å². The van der Waals surface area contributed by atoms with Crippen LogP contribution in [0.3, 0.4) is 0 Å². The molecule has 0 fully saturated rings. The molecule has 2 aromatic rings. The SMILES string of the molecule is C/C=C(\C=NCC)c1cc(C)cc(-c2cccnc2)c1. The lowest BCUT2D eigenvalue weighted by molar-refractivity contribution is 1.14. The zero-order valence-corrected chi connectivity index (χ0v) is 12.3. The van der Waals surface area contributed by atoms with Crippen molar-refractivity contribution in [2.75, 3.05) is 6.54 Å². The maximum absolute atomic E-state index is 4.35. The third kappa shape index (κ3) is 3.41. The van der Waals surface area contributed by atoms with Crippen LogP contribution in [0.25, 0.3) is 16.7 Å². The van der Waals surface area contributed by atoms with Crippen molar-refractivity contribution in [3.05, 3.63) is 59.9 Å². The molecule has 0 aliphatic heterocycles. The first-order chi connectivity index (χ1) is 9.74. The molecule has 0 radical (unpaired) electrons. The Balaban J connectivity index is 2.46. The van der Waals surface area contributed by atoms with E-state index in [1.807, 2.05) is 32.3 Å². The molecule has 0 spiro atoms. The van der Waals surface area contributed by atoms with Gasteiger partial charge in [-0.25, -0.2) is 0 Å². The van der Waals surface area contributed by atoms with Gasteiger partial charge in [0.2, 0.25) is 0 Å². The van der Waals surface area contributed by atoms with E-state index in [0.29, 0.717) is 0 Å². The second kappa shape index (κ2) is 6.80. The number of aromatic nitrogens is 1. The number of nitrogens with zero attached hydrogens (tertiary/aromatic N) is 2. The lowest BCUT2D eigenvalue weighted by Gasteiger charge is -2.08. The highest BCUT2D eigenvalue weighted by Crippen LogP contribution is 2.24. The number of hydrogen-bond acceptors (Lipinski definition) is 2. The molecule has 20 heavy (non-hydrogen) atoms. The molecule has 2 rings (SSSR count). The van der Waals surface area contributed by atoms with E-state index in [4.69, 9.17) is 0 Å². The van der Waals surface area contributed by atoms with Crippen LogP contribution in [0.4, 0.5) is 0 Å². The molecule has 0 N–H and O–H groups in total. The summed E-state index contributed by atoms with van der Waals surface area (Å²) >= 11 is 0. The van der Waals surface area contributed by atoms with Gasteiger partial charge in [-0.1, -0.05) is 24.3 Å². The molecule has 0 aliphatic rings. The first-order valence-corrected chi connectivity index (χ1v) is 6.93. The third-order valence-electron chi connectivity index (χ3n) is 3.13. The molecule has 0 saturated carbocycles. The fraction of sp³-hybridized carbons (Fsp3) is 0.222. The lowest BCUT2D eigenvalue weighted by Crippen LogP contribution is -1.90. The average molecular weight is 264 g/mol. The minimum absolute atomic E-state index is 0.804. The number of aliphatic imine (C=N–C) groups is 1. The Bertz CT molecular complexity index is 625. The van der Waals surface area contributed by atoms with Gasteiger partial charge in [0, 0.05) is 30.7 Å². The van der Waals surface area contributed by atoms with Crippen LogP contribution in [-0.4, -0.2) is 17.7 Å². The molecule has 0 unspecified atom stereocenters. The van der Waals surface area contributed by atoms with Gasteiger partial charge in [-0.3, -0.25) is 9.98 Å². The van der Waals surface area contributed by atoms with Gasteiger partial charge in [0.25, 0.3) is 0 Å². The summed E-state index contributed by atoms with van der Waals surface area (Å²) < 4.78 is 0. The summed E-state index contributed by atoms with van der Waals surface area (Å²) in [4.78, 5) is 8.54. The molecule has 1 aromatic carbocycles. The summed E-state index contributed by atoms with van der Waals surface area (Å²) in [6, 6.07) is 10.6. The highest BCUT2D eigenvalue weighted by molar-refractivity contribution is 6.10. The first kappa shape index (κ1) is 14.2. The van der Waals surface area contributed by atoms with Gasteiger partial charge >= 0.3 is 0 Å². The zero-order valence-electron chi connectivity index (χ0n) is 12.3. The van der Waals surface area contributed by atoms with Crippen LogP contribution in [-0.2, 0) is 0 Å². The predicted octanol–water partition coefficient (Wildman–Crippen LogP) is 4.55. The smallest absolute Gasteiger partial charge is 0.0361 e. The lowest BCUT2D eigenvalue weighted by atomic mass is 9.97. The van der Waals surface area contributed by atoms with Crippen LogP contribution >= 0.6 is 0 Å².